The third-order valence-corrected chi connectivity index (χ3v) is 4.09. The number of hydrogen-bond acceptors (Lipinski definition) is 0. The number of allylic oxidation sites excluding steroid dienone is 2. The van der Waals surface area contributed by atoms with Crippen molar-refractivity contribution in [3.63, 3.8) is 0 Å². The maximum atomic E-state index is 2.45. The van der Waals surface area contributed by atoms with Crippen molar-refractivity contribution in [2.45, 2.75) is 71.1 Å². The molecule has 2 aliphatic rings. The molecule has 0 aromatic heterocycles. The average Bonchev–Trinajstić information content (AvgIpc) is 2.47. The van der Waals surface area contributed by atoms with E-state index in [1.54, 1.807) is 0 Å². The van der Waals surface area contributed by atoms with Crippen molar-refractivity contribution in [1.82, 2.24) is 0 Å². The molecule has 80 valence electrons. The molecular weight excluding hydrogens is 168 g/mol. The summed E-state index contributed by atoms with van der Waals surface area (Å²) < 4.78 is 0. The first kappa shape index (κ1) is 10.3. The Kier molecular flexibility index (Phi) is 3.67. The van der Waals surface area contributed by atoms with Crippen molar-refractivity contribution in [3.8, 4) is 0 Å². The molecule has 2 rings (SSSR count). The second kappa shape index (κ2) is 5.00. The zero-order valence-corrected chi connectivity index (χ0v) is 9.65. The SMILES string of the molecule is CC1CCCCC1=C1CCCCCC1. The van der Waals surface area contributed by atoms with Crippen LogP contribution in [-0.4, -0.2) is 0 Å². The van der Waals surface area contributed by atoms with Crippen molar-refractivity contribution >= 4 is 0 Å². The summed E-state index contributed by atoms with van der Waals surface area (Å²) in [5, 5.41) is 0. The van der Waals surface area contributed by atoms with E-state index in [1.807, 2.05) is 11.1 Å². The summed E-state index contributed by atoms with van der Waals surface area (Å²) in [5.41, 5.74) is 3.74. The Morgan fingerprint density at radius 1 is 0.786 bits per heavy atom. The maximum Gasteiger partial charge on any atom is -0.0229 e. The van der Waals surface area contributed by atoms with Gasteiger partial charge in [-0.05, 0) is 50.9 Å². The van der Waals surface area contributed by atoms with E-state index < -0.39 is 0 Å². The average molecular weight is 192 g/mol. The Bertz CT molecular complexity index is 202. The van der Waals surface area contributed by atoms with Gasteiger partial charge in [0.15, 0.2) is 0 Å². The lowest BCUT2D eigenvalue weighted by Crippen LogP contribution is -2.09. The molecule has 0 aliphatic heterocycles. The zero-order chi connectivity index (χ0) is 9.80. The van der Waals surface area contributed by atoms with Gasteiger partial charge in [-0.15, -0.1) is 0 Å². The molecule has 1 unspecified atom stereocenters. The topological polar surface area (TPSA) is 0 Å². The minimum absolute atomic E-state index is 0.914. The van der Waals surface area contributed by atoms with E-state index in [4.69, 9.17) is 0 Å². The molecule has 0 bridgehead atoms. The standard InChI is InChI=1S/C14H24/c1-12-8-6-7-11-14(12)13-9-4-2-3-5-10-13/h12H,2-11H2,1H3. The summed E-state index contributed by atoms with van der Waals surface area (Å²) in [5.74, 6) is 0.914. The quantitative estimate of drug-likeness (QED) is 0.380. The smallest absolute Gasteiger partial charge is 0.0229 e. The highest BCUT2D eigenvalue weighted by molar-refractivity contribution is 5.18. The summed E-state index contributed by atoms with van der Waals surface area (Å²) in [6.45, 7) is 2.45. The molecular formula is C14H24. The number of hydrogen-bond donors (Lipinski definition) is 0. The van der Waals surface area contributed by atoms with Gasteiger partial charge >= 0.3 is 0 Å². The molecule has 0 heterocycles. The van der Waals surface area contributed by atoms with Gasteiger partial charge in [0.25, 0.3) is 0 Å². The van der Waals surface area contributed by atoms with Crippen LogP contribution in [0.2, 0.25) is 0 Å². The molecule has 0 N–H and O–H groups in total. The molecule has 0 radical (unpaired) electrons. The van der Waals surface area contributed by atoms with Crippen LogP contribution in [0.3, 0.4) is 0 Å². The third-order valence-electron chi connectivity index (χ3n) is 4.09. The zero-order valence-electron chi connectivity index (χ0n) is 9.65. The Balaban J connectivity index is 2.09. The van der Waals surface area contributed by atoms with Gasteiger partial charge in [-0.1, -0.05) is 37.3 Å². The van der Waals surface area contributed by atoms with Crippen LogP contribution < -0.4 is 0 Å². The van der Waals surface area contributed by atoms with Crippen LogP contribution in [0.1, 0.15) is 71.1 Å². The predicted octanol–water partition coefficient (Wildman–Crippen LogP) is 4.85. The molecule has 0 amide bonds. The lowest BCUT2D eigenvalue weighted by Gasteiger charge is -2.25. The fraction of sp³-hybridized carbons (Fsp3) is 0.857. The Labute approximate surface area is 88.8 Å². The van der Waals surface area contributed by atoms with Gasteiger partial charge < -0.3 is 0 Å². The predicted molar refractivity (Wildman–Crippen MR) is 62.4 cm³/mol. The van der Waals surface area contributed by atoms with E-state index >= 15 is 0 Å². The summed E-state index contributed by atoms with van der Waals surface area (Å²) in [7, 11) is 0. The van der Waals surface area contributed by atoms with Crippen molar-refractivity contribution < 1.29 is 0 Å². The van der Waals surface area contributed by atoms with E-state index in [0.717, 1.165) is 5.92 Å². The summed E-state index contributed by atoms with van der Waals surface area (Å²) in [4.78, 5) is 0. The molecule has 1 atom stereocenters. The normalized spacial score (nSPS) is 30.2. The van der Waals surface area contributed by atoms with Crippen LogP contribution in [0.15, 0.2) is 11.1 Å². The van der Waals surface area contributed by atoms with Crippen LogP contribution >= 0.6 is 0 Å². The lowest BCUT2D eigenvalue weighted by molar-refractivity contribution is 0.473. The van der Waals surface area contributed by atoms with Gasteiger partial charge in [-0.25, -0.2) is 0 Å². The Morgan fingerprint density at radius 3 is 2.07 bits per heavy atom. The first-order valence-electron chi connectivity index (χ1n) is 6.58. The molecule has 14 heavy (non-hydrogen) atoms. The second-order valence-corrected chi connectivity index (χ2v) is 5.19. The van der Waals surface area contributed by atoms with Crippen molar-refractivity contribution in [1.29, 1.82) is 0 Å². The first-order chi connectivity index (χ1) is 6.88. The fourth-order valence-electron chi connectivity index (χ4n) is 3.19. The fourth-order valence-corrected chi connectivity index (χ4v) is 3.19. The van der Waals surface area contributed by atoms with Gasteiger partial charge in [0.2, 0.25) is 0 Å². The van der Waals surface area contributed by atoms with E-state index in [-0.39, 0.29) is 0 Å². The van der Waals surface area contributed by atoms with E-state index in [1.165, 1.54) is 64.2 Å². The summed E-state index contributed by atoms with van der Waals surface area (Å²) in [6, 6.07) is 0. The third kappa shape index (κ3) is 2.40. The van der Waals surface area contributed by atoms with Crippen LogP contribution in [-0.2, 0) is 0 Å². The minimum Gasteiger partial charge on any atom is -0.0707 e. The van der Waals surface area contributed by atoms with Crippen LogP contribution in [0.25, 0.3) is 0 Å². The van der Waals surface area contributed by atoms with Gasteiger partial charge in [-0.2, -0.15) is 0 Å². The molecule has 0 spiro atoms. The Morgan fingerprint density at radius 2 is 1.43 bits per heavy atom. The highest BCUT2D eigenvalue weighted by Gasteiger charge is 2.18. The molecule has 0 heteroatoms. The molecule has 2 aliphatic carbocycles. The first-order valence-corrected chi connectivity index (χ1v) is 6.58. The summed E-state index contributed by atoms with van der Waals surface area (Å²) >= 11 is 0. The molecule has 0 aromatic carbocycles. The van der Waals surface area contributed by atoms with E-state index in [2.05, 4.69) is 6.92 Å². The maximum absolute atomic E-state index is 2.45. The number of rotatable bonds is 0. The molecule has 0 saturated heterocycles. The minimum atomic E-state index is 0.914. The van der Waals surface area contributed by atoms with Gasteiger partial charge in [0.05, 0.1) is 0 Å². The van der Waals surface area contributed by atoms with Crippen molar-refractivity contribution in [3.05, 3.63) is 11.1 Å². The van der Waals surface area contributed by atoms with Gasteiger partial charge in [-0.3, -0.25) is 0 Å². The van der Waals surface area contributed by atoms with Gasteiger partial charge in [0.1, 0.15) is 0 Å². The van der Waals surface area contributed by atoms with E-state index in [9.17, 15) is 0 Å². The van der Waals surface area contributed by atoms with E-state index in [0.29, 0.717) is 0 Å². The summed E-state index contributed by atoms with van der Waals surface area (Å²) in [6.07, 6.45) is 14.6. The monoisotopic (exact) mass is 192 g/mol. The largest absolute Gasteiger partial charge is 0.0707 e. The molecule has 2 fully saturated rings. The molecule has 0 nitrogen and oxygen atoms in total. The highest BCUT2D eigenvalue weighted by Crippen LogP contribution is 2.36. The van der Waals surface area contributed by atoms with Crippen molar-refractivity contribution in [2.24, 2.45) is 5.92 Å². The highest BCUT2D eigenvalue weighted by atomic mass is 14.2. The second-order valence-electron chi connectivity index (χ2n) is 5.19. The van der Waals surface area contributed by atoms with Crippen LogP contribution in [0, 0.1) is 5.92 Å². The van der Waals surface area contributed by atoms with Crippen molar-refractivity contribution in [2.75, 3.05) is 0 Å². The molecule has 2 saturated carbocycles. The van der Waals surface area contributed by atoms with Gasteiger partial charge in [0, 0.05) is 0 Å². The molecule has 0 aromatic rings. The van der Waals surface area contributed by atoms with Crippen LogP contribution in [0.5, 0.6) is 0 Å². The van der Waals surface area contributed by atoms with Crippen LogP contribution in [0.4, 0.5) is 0 Å². The Hall–Kier alpha value is -0.260. The lowest BCUT2D eigenvalue weighted by atomic mass is 9.81.